The summed E-state index contributed by atoms with van der Waals surface area (Å²) in [5.41, 5.74) is 0.615. The van der Waals surface area contributed by atoms with Gasteiger partial charge in [0.1, 0.15) is 0 Å². The second-order valence-corrected chi connectivity index (χ2v) is 7.89. The lowest BCUT2D eigenvalue weighted by Gasteiger charge is -2.46. The van der Waals surface area contributed by atoms with Gasteiger partial charge in [-0.3, -0.25) is 0 Å². The number of anilines is 1. The van der Waals surface area contributed by atoms with E-state index in [1.807, 2.05) is 0 Å². The minimum Gasteiger partial charge on any atom is -0.477 e. The van der Waals surface area contributed by atoms with Crippen LogP contribution in [0.25, 0.3) is 11.3 Å². The summed E-state index contributed by atoms with van der Waals surface area (Å²) < 4.78 is 5.39. The number of rotatable bonds is 7. The summed E-state index contributed by atoms with van der Waals surface area (Å²) in [6.07, 6.45) is 2.01. The summed E-state index contributed by atoms with van der Waals surface area (Å²) in [6.45, 7) is 5.87. The van der Waals surface area contributed by atoms with Gasteiger partial charge in [-0.15, -0.1) is 0 Å². The van der Waals surface area contributed by atoms with Crippen molar-refractivity contribution in [1.82, 2.24) is 15.0 Å². The van der Waals surface area contributed by atoms with E-state index in [0.29, 0.717) is 17.1 Å². The van der Waals surface area contributed by atoms with Gasteiger partial charge in [0.2, 0.25) is 0 Å². The van der Waals surface area contributed by atoms with Gasteiger partial charge >= 0.3 is 5.97 Å². The molecular weight excluding hydrogens is 380 g/mol. The fourth-order valence-electron chi connectivity index (χ4n) is 3.72. The smallest absolute Gasteiger partial charge is 0.343 e. The molecule has 1 fully saturated rings. The van der Waals surface area contributed by atoms with Gasteiger partial charge in [-0.25, -0.2) is 4.79 Å². The van der Waals surface area contributed by atoms with Crippen molar-refractivity contribution in [3.63, 3.8) is 0 Å². The fourth-order valence-corrected chi connectivity index (χ4v) is 3.85. The molecule has 0 radical (unpaired) electrons. The molecule has 152 valence electrons. The van der Waals surface area contributed by atoms with E-state index in [2.05, 4.69) is 41.3 Å². The van der Waals surface area contributed by atoms with Gasteiger partial charge in [0, 0.05) is 22.7 Å². The number of benzene rings is 1. The first-order valence-electron chi connectivity index (χ1n) is 9.49. The van der Waals surface area contributed by atoms with Crippen LogP contribution in [0.2, 0.25) is 5.02 Å². The maximum Gasteiger partial charge on any atom is 0.343 e. The highest BCUT2D eigenvalue weighted by Crippen LogP contribution is 2.32. The van der Waals surface area contributed by atoms with Gasteiger partial charge in [0.25, 0.3) is 0 Å². The van der Waals surface area contributed by atoms with Crippen LogP contribution in [0.1, 0.15) is 30.1 Å². The summed E-state index contributed by atoms with van der Waals surface area (Å²) >= 11 is 5.93. The van der Waals surface area contributed by atoms with E-state index in [-0.39, 0.29) is 22.7 Å². The number of hydrogen-bond donors (Lipinski definition) is 2. The van der Waals surface area contributed by atoms with Gasteiger partial charge in [0.15, 0.2) is 17.1 Å². The lowest BCUT2D eigenvalue weighted by Crippen LogP contribution is -2.56. The average molecular weight is 407 g/mol. The van der Waals surface area contributed by atoms with Crippen LogP contribution in [0.3, 0.4) is 0 Å². The number of aromatic nitrogens is 1. The van der Waals surface area contributed by atoms with Crippen molar-refractivity contribution < 1.29 is 14.4 Å². The first-order valence-corrected chi connectivity index (χ1v) is 9.86. The average Bonchev–Trinajstić information content (AvgIpc) is 3.11. The number of nitrogens with one attached hydrogen (secondary N) is 1. The van der Waals surface area contributed by atoms with Crippen molar-refractivity contribution in [3.8, 4) is 11.3 Å². The monoisotopic (exact) mass is 406 g/mol. The number of halogens is 1. The first-order chi connectivity index (χ1) is 13.4. The van der Waals surface area contributed by atoms with Crippen molar-refractivity contribution in [2.24, 2.45) is 0 Å². The van der Waals surface area contributed by atoms with E-state index < -0.39 is 5.97 Å². The second kappa shape index (κ2) is 8.51. The van der Waals surface area contributed by atoms with Crippen LogP contribution < -0.4 is 5.32 Å². The number of likely N-dealkylation sites (N-methyl/N-ethyl adjacent to an activating group) is 1. The predicted octanol–water partition coefficient (Wildman–Crippen LogP) is 3.52. The molecule has 0 aliphatic carbocycles. The molecule has 0 bridgehead atoms. The van der Waals surface area contributed by atoms with Gasteiger partial charge in [0.05, 0.1) is 0 Å². The molecule has 0 unspecified atom stereocenters. The van der Waals surface area contributed by atoms with Crippen LogP contribution in [0.15, 0.2) is 28.8 Å². The summed E-state index contributed by atoms with van der Waals surface area (Å²) in [5.74, 6) is -0.587. The Morgan fingerprint density at radius 2 is 1.96 bits per heavy atom. The Balaban J connectivity index is 1.82. The third-order valence-corrected chi connectivity index (χ3v) is 6.03. The minimum absolute atomic E-state index is 0.0437. The number of aromatic carboxylic acids is 1. The van der Waals surface area contributed by atoms with Crippen molar-refractivity contribution >= 4 is 23.4 Å². The van der Waals surface area contributed by atoms with E-state index in [1.165, 1.54) is 0 Å². The van der Waals surface area contributed by atoms with E-state index >= 15 is 0 Å². The van der Waals surface area contributed by atoms with Crippen LogP contribution >= 0.6 is 11.6 Å². The second-order valence-electron chi connectivity index (χ2n) is 7.45. The van der Waals surface area contributed by atoms with Crippen molar-refractivity contribution in [3.05, 3.63) is 34.9 Å². The fraction of sp³-hybridized carbons (Fsp3) is 0.500. The van der Waals surface area contributed by atoms with Gasteiger partial charge in [-0.05, 0) is 70.8 Å². The largest absolute Gasteiger partial charge is 0.477 e. The van der Waals surface area contributed by atoms with Crippen molar-refractivity contribution in [1.29, 1.82) is 0 Å². The van der Waals surface area contributed by atoms with Crippen LogP contribution in [-0.2, 0) is 0 Å². The normalized spacial score (nSPS) is 17.0. The number of piperidine rings is 1. The zero-order chi connectivity index (χ0) is 20.3. The molecule has 1 aliphatic rings. The Morgan fingerprint density at radius 1 is 1.32 bits per heavy atom. The highest BCUT2D eigenvalue weighted by Gasteiger charge is 2.37. The lowest BCUT2D eigenvalue weighted by atomic mass is 9.86. The van der Waals surface area contributed by atoms with Crippen molar-refractivity contribution in [2.75, 3.05) is 45.6 Å². The third-order valence-electron chi connectivity index (χ3n) is 5.78. The number of carboxylic acid groups (broad SMARTS) is 1. The van der Waals surface area contributed by atoms with Gasteiger partial charge < -0.3 is 24.7 Å². The molecule has 2 heterocycles. The zero-order valence-corrected chi connectivity index (χ0v) is 17.3. The molecular formula is C20H27ClN4O3. The molecule has 7 nitrogen and oxygen atoms in total. The van der Waals surface area contributed by atoms with E-state index in [9.17, 15) is 9.90 Å². The maximum atomic E-state index is 11.9. The highest BCUT2D eigenvalue weighted by atomic mass is 35.5. The van der Waals surface area contributed by atoms with Crippen LogP contribution in [0.4, 0.5) is 5.82 Å². The molecule has 0 atom stereocenters. The summed E-state index contributed by atoms with van der Waals surface area (Å²) in [4.78, 5) is 16.6. The zero-order valence-electron chi connectivity index (χ0n) is 16.5. The van der Waals surface area contributed by atoms with Gasteiger partial charge in [-0.2, -0.15) is 0 Å². The molecule has 8 heteroatoms. The number of hydrogen-bond acceptors (Lipinski definition) is 6. The quantitative estimate of drug-likeness (QED) is 0.727. The highest BCUT2D eigenvalue weighted by molar-refractivity contribution is 6.30. The Morgan fingerprint density at radius 3 is 2.50 bits per heavy atom. The molecule has 0 amide bonds. The molecule has 0 saturated carbocycles. The number of carboxylic acids is 1. The van der Waals surface area contributed by atoms with E-state index in [0.717, 1.165) is 32.5 Å². The Hall–Kier alpha value is -2.09. The lowest BCUT2D eigenvalue weighted by molar-refractivity contribution is 0.0678. The molecule has 2 aromatic rings. The van der Waals surface area contributed by atoms with Crippen LogP contribution in [0, 0.1) is 0 Å². The Bertz CT molecular complexity index is 811. The van der Waals surface area contributed by atoms with E-state index in [4.69, 9.17) is 16.1 Å². The molecule has 1 aliphatic heterocycles. The third kappa shape index (κ3) is 4.16. The molecule has 0 spiro atoms. The first kappa shape index (κ1) is 20.6. The molecule has 28 heavy (non-hydrogen) atoms. The Kier molecular flexibility index (Phi) is 6.27. The topological polar surface area (TPSA) is 81.8 Å². The summed E-state index contributed by atoms with van der Waals surface area (Å²) in [7, 11) is 4.15. The van der Waals surface area contributed by atoms with Gasteiger partial charge in [-0.1, -0.05) is 23.7 Å². The van der Waals surface area contributed by atoms with Crippen LogP contribution in [0.5, 0.6) is 0 Å². The number of likely N-dealkylation sites (tertiary alicyclic amines) is 1. The Labute approximate surface area is 170 Å². The molecule has 1 aromatic carbocycles. The van der Waals surface area contributed by atoms with E-state index in [1.54, 1.807) is 24.3 Å². The molecule has 2 N–H and O–H groups in total. The number of nitrogens with zero attached hydrogens (tertiary/aromatic N) is 3. The summed E-state index contributed by atoms with van der Waals surface area (Å²) in [6, 6.07) is 6.84. The standard InChI is InChI=1S/C20H27ClN4O3/c1-4-25-11-9-20(10-12-25,24(2)3)13-22-18-16(19(26)27)17(28-23-18)14-5-7-15(21)8-6-14/h5-8H,4,9-13H2,1-3H3,(H,22,23)(H,26,27). The molecule has 1 aromatic heterocycles. The van der Waals surface area contributed by atoms with Crippen LogP contribution in [-0.4, -0.2) is 71.8 Å². The number of carbonyl (C=O) groups is 1. The minimum atomic E-state index is -1.08. The predicted molar refractivity (Wildman–Crippen MR) is 110 cm³/mol. The SMILES string of the molecule is CCN1CCC(CNc2noc(-c3ccc(Cl)cc3)c2C(=O)O)(N(C)C)CC1. The summed E-state index contributed by atoms with van der Waals surface area (Å²) in [5, 5.41) is 17.6. The maximum absolute atomic E-state index is 11.9. The molecule has 3 rings (SSSR count). The van der Waals surface area contributed by atoms with Crippen molar-refractivity contribution in [2.45, 2.75) is 25.3 Å². The molecule has 1 saturated heterocycles.